The lowest BCUT2D eigenvalue weighted by atomic mass is 10.1. The molecule has 0 unspecified atom stereocenters. The molecule has 0 fully saturated rings. The molecule has 0 heterocycles. The highest BCUT2D eigenvalue weighted by Crippen LogP contribution is 2.10. The summed E-state index contributed by atoms with van der Waals surface area (Å²) in [5.74, 6) is -0.0564. The van der Waals surface area contributed by atoms with Gasteiger partial charge in [-0.3, -0.25) is 4.79 Å². The monoisotopic (exact) mass is 273 g/mol. The Labute approximate surface area is 120 Å². The number of rotatable bonds is 12. The molecule has 0 aliphatic carbocycles. The summed E-state index contributed by atoms with van der Waals surface area (Å²) < 4.78 is 5.14. The summed E-state index contributed by atoms with van der Waals surface area (Å²) in [6, 6.07) is 0. The third-order valence-electron chi connectivity index (χ3n) is 3.21. The summed E-state index contributed by atoms with van der Waals surface area (Å²) in [5, 5.41) is 0. The molecule has 0 rings (SSSR count). The van der Waals surface area contributed by atoms with Gasteiger partial charge in [-0.1, -0.05) is 78.6 Å². The second-order valence-corrected chi connectivity index (χ2v) is 5.50. The van der Waals surface area contributed by atoms with Gasteiger partial charge in [-0.2, -0.15) is 0 Å². The average molecular weight is 273 g/mol. The molecular weight excluding hydrogens is 238 g/mol. The van der Waals surface area contributed by atoms with E-state index in [4.69, 9.17) is 4.74 Å². The second kappa shape index (κ2) is 15.5. The van der Waals surface area contributed by atoms with Crippen LogP contribution < -0.4 is 6.15 Å². The minimum atomic E-state index is -0.0640. The van der Waals surface area contributed by atoms with E-state index in [9.17, 15) is 4.79 Å². The second-order valence-electron chi connectivity index (χ2n) is 5.50. The molecule has 0 saturated carbocycles. The summed E-state index contributed by atoms with van der Waals surface area (Å²) in [5.41, 5.74) is 0. The van der Waals surface area contributed by atoms with Crippen LogP contribution in [0.1, 0.15) is 85.0 Å². The fraction of sp³-hybridized carbons (Fsp3) is 0.938. The van der Waals surface area contributed by atoms with Gasteiger partial charge in [-0.05, 0) is 6.42 Å². The van der Waals surface area contributed by atoms with Gasteiger partial charge in [0.2, 0.25) is 0 Å². The van der Waals surface area contributed by atoms with Gasteiger partial charge in [0.05, 0.1) is 12.5 Å². The molecule has 3 nitrogen and oxygen atoms in total. The number of carbonyl (C=O) groups is 1. The van der Waals surface area contributed by atoms with Crippen LogP contribution in [-0.2, 0) is 9.53 Å². The Morgan fingerprint density at radius 3 is 1.68 bits per heavy atom. The average Bonchev–Trinajstić information content (AvgIpc) is 2.35. The molecule has 0 aromatic heterocycles. The summed E-state index contributed by atoms with van der Waals surface area (Å²) in [4.78, 5) is 11.2. The summed E-state index contributed by atoms with van der Waals surface area (Å²) in [6.07, 6.45) is 13.1. The fourth-order valence-corrected chi connectivity index (χ4v) is 1.93. The molecule has 0 atom stereocenters. The smallest absolute Gasteiger partial charge is 0.308 e. The fourth-order valence-electron chi connectivity index (χ4n) is 1.93. The van der Waals surface area contributed by atoms with Gasteiger partial charge in [0.15, 0.2) is 0 Å². The largest absolute Gasteiger partial charge is 0.465 e. The van der Waals surface area contributed by atoms with Crippen molar-refractivity contribution in [2.45, 2.75) is 85.0 Å². The van der Waals surface area contributed by atoms with Crippen LogP contribution in [0.2, 0.25) is 0 Å². The molecule has 0 aliphatic heterocycles. The van der Waals surface area contributed by atoms with Crippen LogP contribution in [0, 0.1) is 5.92 Å². The maximum atomic E-state index is 11.2. The first kappa shape index (κ1) is 20.7. The first-order chi connectivity index (χ1) is 8.68. The van der Waals surface area contributed by atoms with Gasteiger partial charge in [-0.15, -0.1) is 0 Å². The number of ether oxygens (including phenoxy) is 1. The first-order valence-electron chi connectivity index (χ1n) is 7.85. The highest BCUT2D eigenvalue weighted by molar-refractivity contribution is 5.71. The standard InChI is InChI=1S/C16H32O2.H3N/c1-4-5-6-7-8-9-10-11-12-13-14-18-16(17)15(2)3;/h15H,4-14H2,1-3H3;1H3. The molecule has 0 aliphatic rings. The highest BCUT2D eigenvalue weighted by Gasteiger charge is 2.06. The van der Waals surface area contributed by atoms with Crippen LogP contribution in [0.25, 0.3) is 0 Å². The Hall–Kier alpha value is -0.570. The van der Waals surface area contributed by atoms with Crippen LogP contribution in [0.3, 0.4) is 0 Å². The van der Waals surface area contributed by atoms with Crippen molar-refractivity contribution in [1.82, 2.24) is 6.15 Å². The molecule has 0 spiro atoms. The Kier molecular flexibility index (Phi) is 16.9. The van der Waals surface area contributed by atoms with Gasteiger partial charge in [0.1, 0.15) is 0 Å². The molecule has 19 heavy (non-hydrogen) atoms. The zero-order valence-electron chi connectivity index (χ0n) is 13.4. The van der Waals surface area contributed by atoms with Crippen molar-refractivity contribution in [3.63, 3.8) is 0 Å². The number of unbranched alkanes of at least 4 members (excludes halogenated alkanes) is 9. The summed E-state index contributed by atoms with van der Waals surface area (Å²) >= 11 is 0. The van der Waals surface area contributed by atoms with E-state index in [-0.39, 0.29) is 18.0 Å². The summed E-state index contributed by atoms with van der Waals surface area (Å²) in [6.45, 7) is 6.61. The van der Waals surface area contributed by atoms with Gasteiger partial charge in [0.25, 0.3) is 0 Å². The van der Waals surface area contributed by atoms with Gasteiger partial charge in [-0.25, -0.2) is 0 Å². The molecule has 3 heteroatoms. The van der Waals surface area contributed by atoms with Crippen molar-refractivity contribution < 1.29 is 9.53 Å². The van der Waals surface area contributed by atoms with Crippen molar-refractivity contribution >= 4 is 5.97 Å². The third-order valence-corrected chi connectivity index (χ3v) is 3.21. The van der Waals surface area contributed by atoms with E-state index >= 15 is 0 Å². The number of hydrogen-bond donors (Lipinski definition) is 1. The van der Waals surface area contributed by atoms with Gasteiger partial charge < -0.3 is 10.9 Å². The molecule has 116 valence electrons. The molecule has 3 N–H and O–H groups in total. The minimum absolute atomic E-state index is 0. The number of hydrogen-bond acceptors (Lipinski definition) is 3. The number of carbonyl (C=O) groups excluding carboxylic acids is 1. The van der Waals surface area contributed by atoms with Crippen molar-refractivity contribution in [2.24, 2.45) is 5.92 Å². The predicted molar refractivity (Wildman–Crippen MR) is 82.7 cm³/mol. The van der Waals surface area contributed by atoms with Crippen LogP contribution in [0.5, 0.6) is 0 Å². The Balaban J connectivity index is 0. The van der Waals surface area contributed by atoms with E-state index in [1.54, 1.807) is 0 Å². The van der Waals surface area contributed by atoms with Crippen LogP contribution >= 0.6 is 0 Å². The van der Waals surface area contributed by atoms with Crippen molar-refractivity contribution in [2.75, 3.05) is 6.61 Å². The van der Waals surface area contributed by atoms with Crippen molar-refractivity contribution in [3.05, 3.63) is 0 Å². The zero-order chi connectivity index (χ0) is 13.6. The van der Waals surface area contributed by atoms with Crippen LogP contribution in [0.4, 0.5) is 0 Å². The van der Waals surface area contributed by atoms with Gasteiger partial charge >= 0.3 is 5.97 Å². The van der Waals surface area contributed by atoms with E-state index in [0.29, 0.717) is 6.61 Å². The van der Waals surface area contributed by atoms with Crippen LogP contribution in [-0.4, -0.2) is 12.6 Å². The molecule has 0 amide bonds. The van der Waals surface area contributed by atoms with Crippen LogP contribution in [0.15, 0.2) is 0 Å². The zero-order valence-corrected chi connectivity index (χ0v) is 13.4. The van der Waals surface area contributed by atoms with E-state index in [1.807, 2.05) is 13.8 Å². The van der Waals surface area contributed by atoms with E-state index in [2.05, 4.69) is 6.92 Å². The lowest BCUT2D eigenvalue weighted by Crippen LogP contribution is -2.12. The maximum absolute atomic E-state index is 11.2. The molecule has 0 aromatic carbocycles. The molecule has 0 aromatic rings. The minimum Gasteiger partial charge on any atom is -0.465 e. The predicted octanol–water partition coefficient (Wildman–Crippen LogP) is 5.27. The molecule has 0 radical (unpaired) electrons. The first-order valence-corrected chi connectivity index (χ1v) is 7.85. The molecule has 0 saturated heterocycles. The number of esters is 1. The highest BCUT2D eigenvalue weighted by atomic mass is 16.5. The van der Waals surface area contributed by atoms with E-state index in [1.165, 1.54) is 57.8 Å². The summed E-state index contributed by atoms with van der Waals surface area (Å²) in [7, 11) is 0. The Morgan fingerprint density at radius 1 is 0.842 bits per heavy atom. The van der Waals surface area contributed by atoms with Crippen molar-refractivity contribution in [1.29, 1.82) is 0 Å². The Bertz CT molecular complexity index is 193. The molecular formula is C16H35NO2. The topological polar surface area (TPSA) is 61.3 Å². The lowest BCUT2D eigenvalue weighted by molar-refractivity contribution is -0.147. The lowest BCUT2D eigenvalue weighted by Gasteiger charge is -2.06. The van der Waals surface area contributed by atoms with E-state index < -0.39 is 0 Å². The molecule has 0 bridgehead atoms. The van der Waals surface area contributed by atoms with Gasteiger partial charge in [0, 0.05) is 0 Å². The van der Waals surface area contributed by atoms with Crippen molar-refractivity contribution in [3.8, 4) is 0 Å². The Morgan fingerprint density at radius 2 is 1.26 bits per heavy atom. The normalized spacial score (nSPS) is 10.3. The SMILES string of the molecule is CCCCCCCCCCCCOC(=O)C(C)C.N. The van der Waals surface area contributed by atoms with E-state index in [0.717, 1.165) is 6.42 Å². The quantitative estimate of drug-likeness (QED) is 0.389. The third kappa shape index (κ3) is 15.4. The maximum Gasteiger partial charge on any atom is 0.308 e.